The SMILES string of the molecule is CNC(C)c1cc(F)ccc1Sc1ccccc1C. The highest BCUT2D eigenvalue weighted by molar-refractivity contribution is 7.99. The van der Waals surface area contributed by atoms with Crippen LogP contribution in [-0.4, -0.2) is 7.05 Å². The molecule has 0 aliphatic rings. The van der Waals surface area contributed by atoms with E-state index in [1.165, 1.54) is 16.5 Å². The Bertz CT molecular complexity index is 568. The number of rotatable bonds is 4. The smallest absolute Gasteiger partial charge is 0.123 e. The molecule has 0 bridgehead atoms. The summed E-state index contributed by atoms with van der Waals surface area (Å²) in [6.45, 7) is 4.13. The lowest BCUT2D eigenvalue weighted by molar-refractivity contribution is 0.601. The van der Waals surface area contributed by atoms with Crippen LogP contribution in [0.4, 0.5) is 4.39 Å². The summed E-state index contributed by atoms with van der Waals surface area (Å²) >= 11 is 1.69. The van der Waals surface area contributed by atoms with Crippen molar-refractivity contribution < 1.29 is 4.39 Å². The Kier molecular flexibility index (Phi) is 4.61. The average molecular weight is 275 g/mol. The molecule has 0 saturated carbocycles. The number of hydrogen-bond acceptors (Lipinski definition) is 2. The van der Waals surface area contributed by atoms with Crippen LogP contribution in [0.5, 0.6) is 0 Å². The fourth-order valence-corrected chi connectivity index (χ4v) is 3.00. The van der Waals surface area contributed by atoms with Crippen molar-refractivity contribution in [2.45, 2.75) is 29.7 Å². The molecule has 100 valence electrons. The van der Waals surface area contributed by atoms with Crippen LogP contribution in [0.15, 0.2) is 52.3 Å². The van der Waals surface area contributed by atoms with Gasteiger partial charge in [-0.25, -0.2) is 4.39 Å². The van der Waals surface area contributed by atoms with Gasteiger partial charge in [-0.15, -0.1) is 0 Å². The maximum Gasteiger partial charge on any atom is 0.123 e. The number of aryl methyl sites for hydroxylation is 1. The van der Waals surface area contributed by atoms with Crippen molar-refractivity contribution in [3.8, 4) is 0 Å². The van der Waals surface area contributed by atoms with E-state index in [1.807, 2.05) is 32.2 Å². The Morgan fingerprint density at radius 2 is 1.84 bits per heavy atom. The molecule has 0 saturated heterocycles. The minimum absolute atomic E-state index is 0.127. The lowest BCUT2D eigenvalue weighted by Gasteiger charge is -2.16. The Balaban J connectivity index is 2.37. The minimum Gasteiger partial charge on any atom is -0.313 e. The van der Waals surface area contributed by atoms with Crippen molar-refractivity contribution in [3.05, 3.63) is 59.4 Å². The number of benzene rings is 2. The third kappa shape index (κ3) is 3.37. The van der Waals surface area contributed by atoms with Gasteiger partial charge in [-0.05, 0) is 56.3 Å². The van der Waals surface area contributed by atoms with Gasteiger partial charge in [-0.2, -0.15) is 0 Å². The molecule has 0 spiro atoms. The molecular formula is C16H18FNS. The maximum absolute atomic E-state index is 13.4. The molecule has 0 heterocycles. The number of halogens is 1. The second kappa shape index (κ2) is 6.22. The van der Waals surface area contributed by atoms with Gasteiger partial charge >= 0.3 is 0 Å². The highest BCUT2D eigenvalue weighted by Crippen LogP contribution is 2.35. The molecule has 0 fully saturated rings. The van der Waals surface area contributed by atoms with Gasteiger partial charge in [0, 0.05) is 15.8 Å². The predicted molar refractivity (Wildman–Crippen MR) is 79.2 cm³/mol. The molecule has 1 atom stereocenters. The van der Waals surface area contributed by atoms with E-state index in [9.17, 15) is 4.39 Å². The van der Waals surface area contributed by atoms with Crippen molar-refractivity contribution in [3.63, 3.8) is 0 Å². The molecule has 2 aromatic carbocycles. The summed E-state index contributed by atoms with van der Waals surface area (Å²) in [5, 5.41) is 3.17. The molecule has 2 aromatic rings. The van der Waals surface area contributed by atoms with Crippen LogP contribution in [0.2, 0.25) is 0 Å². The summed E-state index contributed by atoms with van der Waals surface area (Å²) in [6, 6.07) is 13.4. The molecular weight excluding hydrogens is 257 g/mol. The molecule has 1 nitrogen and oxygen atoms in total. The molecule has 3 heteroatoms. The standard InChI is InChI=1S/C16H18FNS/c1-11-6-4-5-7-15(11)19-16-9-8-13(17)10-14(16)12(2)18-3/h4-10,12,18H,1-3H3. The quantitative estimate of drug-likeness (QED) is 0.877. The van der Waals surface area contributed by atoms with Gasteiger partial charge < -0.3 is 5.32 Å². The van der Waals surface area contributed by atoms with E-state index < -0.39 is 0 Å². The fourth-order valence-electron chi connectivity index (χ4n) is 1.90. The molecule has 2 rings (SSSR count). The van der Waals surface area contributed by atoms with Gasteiger partial charge in [0.05, 0.1) is 0 Å². The lowest BCUT2D eigenvalue weighted by atomic mass is 10.1. The molecule has 19 heavy (non-hydrogen) atoms. The monoisotopic (exact) mass is 275 g/mol. The summed E-state index contributed by atoms with van der Waals surface area (Å²) in [4.78, 5) is 2.30. The van der Waals surface area contributed by atoms with E-state index in [-0.39, 0.29) is 11.9 Å². The first-order valence-electron chi connectivity index (χ1n) is 6.32. The van der Waals surface area contributed by atoms with Crippen molar-refractivity contribution in [1.29, 1.82) is 0 Å². The van der Waals surface area contributed by atoms with Crippen LogP contribution in [0.1, 0.15) is 24.1 Å². The predicted octanol–water partition coefficient (Wildman–Crippen LogP) is 4.57. The van der Waals surface area contributed by atoms with Gasteiger partial charge in [0.2, 0.25) is 0 Å². The number of nitrogens with one attached hydrogen (secondary N) is 1. The molecule has 0 aliphatic heterocycles. The van der Waals surface area contributed by atoms with E-state index in [2.05, 4.69) is 24.4 Å². The van der Waals surface area contributed by atoms with Crippen LogP contribution < -0.4 is 5.32 Å². The van der Waals surface area contributed by atoms with Crippen molar-refractivity contribution in [2.75, 3.05) is 7.05 Å². The van der Waals surface area contributed by atoms with E-state index in [0.29, 0.717) is 0 Å². The van der Waals surface area contributed by atoms with E-state index >= 15 is 0 Å². The average Bonchev–Trinajstić information content (AvgIpc) is 2.42. The van der Waals surface area contributed by atoms with Crippen LogP contribution in [-0.2, 0) is 0 Å². The first kappa shape index (κ1) is 14.1. The van der Waals surface area contributed by atoms with E-state index in [1.54, 1.807) is 17.8 Å². The molecule has 1 unspecified atom stereocenters. The van der Waals surface area contributed by atoms with E-state index in [0.717, 1.165) is 10.5 Å². The highest BCUT2D eigenvalue weighted by atomic mass is 32.2. The molecule has 0 aromatic heterocycles. The highest BCUT2D eigenvalue weighted by Gasteiger charge is 2.12. The van der Waals surface area contributed by atoms with Crippen LogP contribution >= 0.6 is 11.8 Å². The minimum atomic E-state index is -0.189. The van der Waals surface area contributed by atoms with Gasteiger partial charge in [-0.3, -0.25) is 0 Å². The summed E-state index contributed by atoms with van der Waals surface area (Å²) in [5.41, 5.74) is 2.23. The molecule has 1 N–H and O–H groups in total. The molecule has 0 radical (unpaired) electrons. The Morgan fingerprint density at radius 3 is 2.53 bits per heavy atom. The van der Waals surface area contributed by atoms with Crippen LogP contribution in [0.25, 0.3) is 0 Å². The van der Waals surface area contributed by atoms with Gasteiger partial charge in [0.25, 0.3) is 0 Å². The first-order valence-corrected chi connectivity index (χ1v) is 7.13. The maximum atomic E-state index is 13.4. The summed E-state index contributed by atoms with van der Waals surface area (Å²) in [7, 11) is 1.89. The third-order valence-electron chi connectivity index (χ3n) is 3.18. The topological polar surface area (TPSA) is 12.0 Å². The molecule has 0 aliphatic carbocycles. The third-order valence-corrected chi connectivity index (χ3v) is 4.45. The fraction of sp³-hybridized carbons (Fsp3) is 0.250. The Morgan fingerprint density at radius 1 is 1.11 bits per heavy atom. The van der Waals surface area contributed by atoms with Crippen LogP contribution in [0.3, 0.4) is 0 Å². The zero-order valence-electron chi connectivity index (χ0n) is 11.4. The Labute approximate surface area is 118 Å². The summed E-state index contributed by atoms with van der Waals surface area (Å²) in [6.07, 6.45) is 0. The van der Waals surface area contributed by atoms with Crippen molar-refractivity contribution >= 4 is 11.8 Å². The second-order valence-electron chi connectivity index (χ2n) is 4.56. The largest absolute Gasteiger partial charge is 0.313 e. The summed E-state index contributed by atoms with van der Waals surface area (Å²) in [5.74, 6) is -0.189. The summed E-state index contributed by atoms with van der Waals surface area (Å²) < 4.78 is 13.4. The first-order chi connectivity index (χ1) is 9.11. The van der Waals surface area contributed by atoms with Crippen molar-refractivity contribution in [2.24, 2.45) is 0 Å². The van der Waals surface area contributed by atoms with Crippen LogP contribution in [0, 0.1) is 12.7 Å². The Hall–Kier alpha value is -1.32. The molecule has 0 amide bonds. The zero-order valence-corrected chi connectivity index (χ0v) is 12.2. The van der Waals surface area contributed by atoms with Gasteiger partial charge in [0.15, 0.2) is 0 Å². The van der Waals surface area contributed by atoms with E-state index in [4.69, 9.17) is 0 Å². The second-order valence-corrected chi connectivity index (χ2v) is 5.64. The van der Waals surface area contributed by atoms with Gasteiger partial charge in [-0.1, -0.05) is 30.0 Å². The van der Waals surface area contributed by atoms with Gasteiger partial charge in [0.1, 0.15) is 5.82 Å². The van der Waals surface area contributed by atoms with Crippen molar-refractivity contribution in [1.82, 2.24) is 5.32 Å². The zero-order chi connectivity index (χ0) is 13.8. The number of hydrogen-bond donors (Lipinski definition) is 1. The lowest BCUT2D eigenvalue weighted by Crippen LogP contribution is -2.13. The normalized spacial score (nSPS) is 12.4.